The number of piperidine rings is 1. The van der Waals surface area contributed by atoms with Crippen LogP contribution >= 0.6 is 0 Å². The predicted octanol–water partition coefficient (Wildman–Crippen LogP) is -0.719. The first-order chi connectivity index (χ1) is 11.0. The third-order valence-electron chi connectivity index (χ3n) is 4.54. The average Bonchev–Trinajstić information content (AvgIpc) is 2.95. The van der Waals surface area contributed by atoms with Crippen LogP contribution in [0.2, 0.25) is 0 Å². The number of nitrogens with zero attached hydrogens (tertiary/aromatic N) is 5. The molecule has 3 rings (SSSR count). The molecule has 0 radical (unpaired) electrons. The molecular weight excluding hydrogens is 298 g/mol. The molecule has 1 aliphatic heterocycles. The molecule has 2 aromatic rings. The molecule has 0 aliphatic carbocycles. The van der Waals surface area contributed by atoms with E-state index in [1.54, 1.807) is 11.6 Å². The van der Waals surface area contributed by atoms with Crippen LogP contribution in [-0.4, -0.2) is 54.4 Å². The summed E-state index contributed by atoms with van der Waals surface area (Å²) in [5.41, 5.74) is -0.0806. The van der Waals surface area contributed by atoms with Crippen molar-refractivity contribution < 1.29 is 5.11 Å². The molecule has 1 fully saturated rings. The first-order valence-electron chi connectivity index (χ1n) is 8.00. The van der Waals surface area contributed by atoms with E-state index in [-0.39, 0.29) is 5.56 Å². The molecule has 8 heteroatoms. The lowest BCUT2D eigenvalue weighted by atomic mass is 10.1. The van der Waals surface area contributed by atoms with Crippen molar-refractivity contribution in [1.29, 1.82) is 0 Å². The predicted molar refractivity (Wildman–Crippen MR) is 86.5 cm³/mol. The topological polar surface area (TPSA) is 85.3 Å². The minimum atomic E-state index is -0.576. The second kappa shape index (κ2) is 6.29. The van der Waals surface area contributed by atoms with Crippen molar-refractivity contribution in [1.82, 2.24) is 23.6 Å². The lowest BCUT2D eigenvalue weighted by Crippen LogP contribution is -2.39. The Labute approximate surface area is 133 Å². The monoisotopic (exact) mass is 321 g/mol. The summed E-state index contributed by atoms with van der Waals surface area (Å²) in [5.74, 6) is 0. The number of β-amino-alcohol motifs (C(OH)–C–C–N with tert-alkyl or cyclic N) is 1. The van der Waals surface area contributed by atoms with Gasteiger partial charge in [-0.05, 0) is 25.9 Å². The van der Waals surface area contributed by atoms with E-state index in [1.807, 2.05) is 0 Å². The van der Waals surface area contributed by atoms with E-state index < -0.39 is 11.8 Å². The van der Waals surface area contributed by atoms with Crippen LogP contribution in [0, 0.1) is 0 Å². The van der Waals surface area contributed by atoms with Crippen molar-refractivity contribution in [2.75, 3.05) is 19.6 Å². The van der Waals surface area contributed by atoms with Crippen LogP contribution in [0.4, 0.5) is 0 Å². The van der Waals surface area contributed by atoms with Crippen molar-refractivity contribution in [2.45, 2.75) is 31.9 Å². The summed E-state index contributed by atoms with van der Waals surface area (Å²) in [6.07, 6.45) is 4.54. The zero-order valence-corrected chi connectivity index (χ0v) is 13.6. The minimum absolute atomic E-state index is 0.292. The molecule has 3 heterocycles. The van der Waals surface area contributed by atoms with Crippen LogP contribution < -0.4 is 11.2 Å². The number of aryl methyl sites for hydroxylation is 1. The molecule has 0 spiro atoms. The van der Waals surface area contributed by atoms with E-state index in [0.717, 1.165) is 17.7 Å². The highest BCUT2D eigenvalue weighted by atomic mass is 16.3. The van der Waals surface area contributed by atoms with Gasteiger partial charge < -0.3 is 14.6 Å². The molecule has 1 saturated heterocycles. The third-order valence-corrected chi connectivity index (χ3v) is 4.54. The van der Waals surface area contributed by atoms with Gasteiger partial charge in [0.15, 0.2) is 11.2 Å². The Morgan fingerprint density at radius 1 is 1.13 bits per heavy atom. The maximum Gasteiger partial charge on any atom is 0.332 e. The van der Waals surface area contributed by atoms with E-state index in [0.29, 0.717) is 24.3 Å². The Kier molecular flexibility index (Phi) is 4.36. The summed E-state index contributed by atoms with van der Waals surface area (Å²) in [6.45, 7) is 2.90. The van der Waals surface area contributed by atoms with Crippen LogP contribution in [-0.2, 0) is 20.6 Å². The van der Waals surface area contributed by atoms with E-state index in [2.05, 4.69) is 9.88 Å². The second-order valence-electron chi connectivity index (χ2n) is 6.29. The Morgan fingerprint density at radius 3 is 2.52 bits per heavy atom. The fraction of sp³-hybridized carbons (Fsp3) is 0.667. The van der Waals surface area contributed by atoms with E-state index in [1.165, 1.54) is 37.2 Å². The number of hydrogen-bond donors (Lipinski definition) is 1. The molecule has 0 aromatic carbocycles. The largest absolute Gasteiger partial charge is 0.390 e. The van der Waals surface area contributed by atoms with E-state index in [4.69, 9.17) is 0 Å². The summed E-state index contributed by atoms with van der Waals surface area (Å²) >= 11 is 0. The van der Waals surface area contributed by atoms with E-state index >= 15 is 0 Å². The van der Waals surface area contributed by atoms with Crippen LogP contribution in [0.25, 0.3) is 11.2 Å². The highest BCUT2D eigenvalue weighted by molar-refractivity contribution is 5.69. The summed E-state index contributed by atoms with van der Waals surface area (Å²) in [4.78, 5) is 30.7. The second-order valence-corrected chi connectivity index (χ2v) is 6.29. The van der Waals surface area contributed by atoms with E-state index in [9.17, 15) is 14.7 Å². The van der Waals surface area contributed by atoms with Crippen LogP contribution in [0.3, 0.4) is 0 Å². The SMILES string of the molecule is Cn1c(=O)c2c(ncn2C[C@@H](O)CN2CCCCC2)n(C)c1=O. The number of hydrogen-bond acceptors (Lipinski definition) is 5. The Balaban J connectivity index is 1.86. The number of fused-ring (bicyclic) bond motifs is 1. The maximum absolute atomic E-state index is 12.4. The molecule has 1 atom stereocenters. The first-order valence-corrected chi connectivity index (χ1v) is 8.00. The van der Waals surface area contributed by atoms with Crippen molar-refractivity contribution >= 4 is 11.2 Å². The maximum atomic E-state index is 12.4. The van der Waals surface area contributed by atoms with Crippen LogP contribution in [0.15, 0.2) is 15.9 Å². The highest BCUT2D eigenvalue weighted by Crippen LogP contribution is 2.11. The molecule has 1 N–H and O–H groups in total. The fourth-order valence-electron chi connectivity index (χ4n) is 3.26. The molecule has 8 nitrogen and oxygen atoms in total. The molecule has 23 heavy (non-hydrogen) atoms. The molecule has 0 amide bonds. The zero-order chi connectivity index (χ0) is 16.6. The Bertz CT molecular complexity index is 813. The number of rotatable bonds is 4. The highest BCUT2D eigenvalue weighted by Gasteiger charge is 2.18. The lowest BCUT2D eigenvalue weighted by molar-refractivity contribution is 0.0891. The standard InChI is InChI=1S/C15H23N5O3/c1-17-13-12(14(22)18(2)15(17)23)20(10-16-13)9-11(21)8-19-6-4-3-5-7-19/h10-11,21H,3-9H2,1-2H3/t11-/m0/s1. The molecule has 0 unspecified atom stereocenters. The summed E-state index contributed by atoms with van der Waals surface area (Å²) in [6, 6.07) is 0. The molecule has 126 valence electrons. The number of imidazole rings is 1. The van der Waals surface area contributed by atoms with Gasteiger partial charge >= 0.3 is 5.69 Å². The van der Waals surface area contributed by atoms with Crippen molar-refractivity contribution in [3.8, 4) is 0 Å². The number of aliphatic hydroxyl groups excluding tert-OH is 1. The zero-order valence-electron chi connectivity index (χ0n) is 13.6. The molecule has 2 aromatic heterocycles. The Hall–Kier alpha value is -1.93. The molecule has 1 aliphatic rings. The summed E-state index contributed by atoms with van der Waals surface area (Å²) in [5, 5.41) is 10.3. The van der Waals surface area contributed by atoms with Gasteiger partial charge in [-0.3, -0.25) is 13.9 Å². The van der Waals surface area contributed by atoms with Gasteiger partial charge in [-0.1, -0.05) is 6.42 Å². The fourth-order valence-corrected chi connectivity index (χ4v) is 3.26. The summed E-state index contributed by atoms with van der Waals surface area (Å²) < 4.78 is 4.06. The van der Waals surface area contributed by atoms with Gasteiger partial charge in [0.05, 0.1) is 19.0 Å². The average molecular weight is 321 g/mol. The summed E-state index contributed by atoms with van der Waals surface area (Å²) in [7, 11) is 3.04. The van der Waals surface area contributed by atoms with Gasteiger partial charge in [0.25, 0.3) is 5.56 Å². The van der Waals surface area contributed by atoms with Gasteiger partial charge in [-0.2, -0.15) is 0 Å². The van der Waals surface area contributed by atoms with Crippen LogP contribution in [0.5, 0.6) is 0 Å². The quantitative estimate of drug-likeness (QED) is 0.803. The molecule has 0 saturated carbocycles. The van der Waals surface area contributed by atoms with Crippen molar-refractivity contribution in [2.24, 2.45) is 14.1 Å². The lowest BCUT2D eigenvalue weighted by Gasteiger charge is -2.28. The smallest absolute Gasteiger partial charge is 0.332 e. The first kappa shape index (κ1) is 15.9. The normalized spacial score (nSPS) is 17.7. The van der Waals surface area contributed by atoms with Gasteiger partial charge in [0, 0.05) is 20.6 Å². The van der Waals surface area contributed by atoms with Crippen LogP contribution in [0.1, 0.15) is 19.3 Å². The van der Waals surface area contributed by atoms with Crippen molar-refractivity contribution in [3.05, 3.63) is 27.2 Å². The number of likely N-dealkylation sites (tertiary alicyclic amines) is 1. The van der Waals surface area contributed by atoms with Gasteiger partial charge in [0.1, 0.15) is 0 Å². The molecule has 0 bridgehead atoms. The van der Waals surface area contributed by atoms with Gasteiger partial charge in [-0.25, -0.2) is 9.78 Å². The Morgan fingerprint density at radius 2 is 1.83 bits per heavy atom. The third kappa shape index (κ3) is 2.96. The minimum Gasteiger partial charge on any atom is -0.390 e. The van der Waals surface area contributed by atoms with Gasteiger partial charge in [0.2, 0.25) is 0 Å². The molecular formula is C15H23N5O3. The van der Waals surface area contributed by atoms with Crippen molar-refractivity contribution in [3.63, 3.8) is 0 Å². The number of aliphatic hydroxyl groups is 1. The number of aromatic nitrogens is 4. The van der Waals surface area contributed by atoms with Gasteiger partial charge in [-0.15, -0.1) is 0 Å².